The van der Waals surface area contributed by atoms with Gasteiger partial charge in [-0.1, -0.05) is 84.9 Å². The van der Waals surface area contributed by atoms with Gasteiger partial charge < -0.3 is 28.8 Å². The van der Waals surface area contributed by atoms with Gasteiger partial charge in [0.2, 0.25) is 11.6 Å². The molecular formula is C42H43N3O7. The van der Waals surface area contributed by atoms with E-state index < -0.39 is 11.6 Å². The van der Waals surface area contributed by atoms with Crippen LogP contribution in [0.5, 0.6) is 23.0 Å². The van der Waals surface area contributed by atoms with Gasteiger partial charge in [0.25, 0.3) is 5.91 Å². The second kappa shape index (κ2) is 16.9. The Balaban J connectivity index is 1.36. The first-order valence-corrected chi connectivity index (χ1v) is 17.1. The van der Waals surface area contributed by atoms with Crippen LogP contribution in [-0.4, -0.2) is 57.0 Å². The number of nitrogens with zero attached hydrogens (tertiary/aromatic N) is 1. The number of amides is 1. The highest BCUT2D eigenvalue weighted by Crippen LogP contribution is 2.43. The van der Waals surface area contributed by atoms with Crippen molar-refractivity contribution in [2.75, 3.05) is 34.5 Å². The molecule has 10 nitrogen and oxygen atoms in total. The van der Waals surface area contributed by atoms with Crippen molar-refractivity contribution in [2.45, 2.75) is 31.0 Å². The van der Waals surface area contributed by atoms with Crippen molar-refractivity contribution in [1.29, 1.82) is 0 Å². The van der Waals surface area contributed by atoms with E-state index in [4.69, 9.17) is 33.8 Å². The van der Waals surface area contributed by atoms with Crippen molar-refractivity contribution < 1.29 is 33.6 Å². The first-order chi connectivity index (χ1) is 25.5. The lowest BCUT2D eigenvalue weighted by Crippen LogP contribution is -2.53. The average Bonchev–Trinajstić information content (AvgIpc) is 3.58. The number of hydrogen-bond donors (Lipinski definition) is 3. The molecule has 268 valence electrons. The highest BCUT2D eigenvalue weighted by Gasteiger charge is 2.53. The zero-order chi connectivity index (χ0) is 36.3. The zero-order valence-electron chi connectivity index (χ0n) is 29.5. The molecule has 0 aliphatic carbocycles. The lowest BCUT2D eigenvalue weighted by molar-refractivity contribution is -0.130. The van der Waals surface area contributed by atoms with Crippen molar-refractivity contribution in [3.63, 3.8) is 0 Å². The smallest absolute Gasteiger partial charge is 0.266 e. The van der Waals surface area contributed by atoms with E-state index in [0.717, 1.165) is 27.8 Å². The fourth-order valence-corrected chi connectivity index (χ4v) is 6.24. The lowest BCUT2D eigenvalue weighted by atomic mass is 9.82. The number of rotatable bonds is 16. The summed E-state index contributed by atoms with van der Waals surface area (Å²) < 4.78 is 29.0. The second-order valence-corrected chi connectivity index (χ2v) is 12.3. The third kappa shape index (κ3) is 8.04. The summed E-state index contributed by atoms with van der Waals surface area (Å²) in [6.45, 7) is 0.715. The summed E-state index contributed by atoms with van der Waals surface area (Å²) in [5, 5.41) is 9.13. The van der Waals surface area contributed by atoms with E-state index >= 15 is 0 Å². The van der Waals surface area contributed by atoms with Crippen molar-refractivity contribution in [2.24, 2.45) is 4.99 Å². The van der Waals surface area contributed by atoms with Crippen LogP contribution in [0.15, 0.2) is 126 Å². The Morgan fingerprint density at radius 2 is 1.38 bits per heavy atom. The molecule has 0 radical (unpaired) electrons. The molecule has 1 amide bonds. The fraction of sp³-hybridized carbons (Fsp3) is 0.238. The first-order valence-electron chi connectivity index (χ1n) is 17.1. The molecule has 0 unspecified atom stereocenters. The molecule has 1 aliphatic rings. The van der Waals surface area contributed by atoms with Crippen LogP contribution in [0.2, 0.25) is 0 Å². The molecule has 3 N–H and O–H groups in total. The van der Waals surface area contributed by atoms with Gasteiger partial charge in [-0.05, 0) is 64.2 Å². The molecule has 1 heterocycles. The molecular weight excluding hydrogens is 658 g/mol. The van der Waals surface area contributed by atoms with Gasteiger partial charge in [0.15, 0.2) is 23.1 Å². The minimum atomic E-state index is -1.40. The quantitative estimate of drug-likeness (QED) is 0.0793. The Bertz CT molecular complexity index is 1930. The number of benzene rings is 5. The Morgan fingerprint density at radius 1 is 0.769 bits per heavy atom. The van der Waals surface area contributed by atoms with Crippen molar-refractivity contribution in [3.05, 3.63) is 144 Å². The molecule has 0 saturated heterocycles. The number of hydrogen-bond acceptors (Lipinski definition) is 9. The van der Waals surface area contributed by atoms with Crippen molar-refractivity contribution in [1.82, 2.24) is 10.9 Å². The van der Waals surface area contributed by atoms with Crippen LogP contribution in [0.1, 0.15) is 34.8 Å². The van der Waals surface area contributed by atoms with E-state index in [-0.39, 0.29) is 25.5 Å². The summed E-state index contributed by atoms with van der Waals surface area (Å²) in [4.78, 5) is 19.8. The maximum Gasteiger partial charge on any atom is 0.266 e. The van der Waals surface area contributed by atoms with Gasteiger partial charge in [0.1, 0.15) is 5.75 Å². The number of aliphatic hydroxyl groups excluding tert-OH is 1. The standard InChI is InChI=1S/C42H43N3O7/c1-48-36-25-30(26-37(49-2)38(36)50-3)28-43-45-41(47)42(27-29-11-6-4-7-12-29)39(33-17-15-32(16-18-33)31-13-8-5-9-14-31)52-40(44-42)34-19-21-35(22-20-34)51-24-10-23-46/h4-9,11-22,25-26,39,43,46H,10,23-24,27-28H2,1-3H3,(H,45,47)/t39-,42-/m0/s1. The molecule has 0 bridgehead atoms. The molecule has 0 fully saturated rings. The van der Waals surface area contributed by atoms with Crippen LogP contribution >= 0.6 is 0 Å². The van der Waals surface area contributed by atoms with Crippen LogP contribution in [0.4, 0.5) is 0 Å². The Kier molecular flexibility index (Phi) is 11.7. The van der Waals surface area contributed by atoms with E-state index in [0.29, 0.717) is 47.5 Å². The molecule has 0 aromatic heterocycles. The summed E-state index contributed by atoms with van der Waals surface area (Å²) in [7, 11) is 4.67. The molecule has 5 aromatic carbocycles. The Morgan fingerprint density at radius 3 is 2.00 bits per heavy atom. The molecule has 5 aromatic rings. The zero-order valence-corrected chi connectivity index (χ0v) is 29.5. The normalized spacial score (nSPS) is 16.4. The number of methoxy groups -OCH3 is 3. The molecule has 0 saturated carbocycles. The first kappa shape index (κ1) is 36.0. The van der Waals surface area contributed by atoms with E-state index in [1.165, 1.54) is 0 Å². The maximum absolute atomic E-state index is 14.7. The number of ether oxygens (including phenoxy) is 5. The summed E-state index contributed by atoms with van der Waals surface area (Å²) in [6, 6.07) is 39.1. The number of carbonyl (C=O) groups excluding carboxylic acids is 1. The van der Waals surface area contributed by atoms with E-state index in [1.54, 1.807) is 21.3 Å². The molecule has 0 spiro atoms. The molecule has 52 heavy (non-hydrogen) atoms. The average molecular weight is 702 g/mol. The number of aliphatic hydroxyl groups is 1. The molecule has 1 aliphatic heterocycles. The van der Waals surface area contributed by atoms with Gasteiger partial charge in [0.05, 0.1) is 27.9 Å². The minimum Gasteiger partial charge on any atom is -0.494 e. The van der Waals surface area contributed by atoms with E-state index in [1.807, 2.05) is 109 Å². The molecule has 10 heteroatoms. The fourth-order valence-electron chi connectivity index (χ4n) is 6.24. The predicted molar refractivity (Wildman–Crippen MR) is 200 cm³/mol. The Labute approximate surface area is 304 Å². The highest BCUT2D eigenvalue weighted by atomic mass is 16.5. The predicted octanol–water partition coefficient (Wildman–Crippen LogP) is 6.46. The highest BCUT2D eigenvalue weighted by molar-refractivity contribution is 6.01. The maximum atomic E-state index is 14.7. The summed E-state index contributed by atoms with van der Waals surface area (Å²) in [6.07, 6.45) is 0.0335. The number of aliphatic imine (C=N–C) groups is 1. The van der Waals surface area contributed by atoms with Crippen molar-refractivity contribution in [3.8, 4) is 34.1 Å². The second-order valence-electron chi connectivity index (χ2n) is 12.3. The van der Waals surface area contributed by atoms with Crippen LogP contribution < -0.4 is 29.8 Å². The van der Waals surface area contributed by atoms with E-state index in [2.05, 4.69) is 23.0 Å². The number of hydrazine groups is 1. The van der Waals surface area contributed by atoms with Gasteiger partial charge in [-0.25, -0.2) is 10.4 Å². The van der Waals surface area contributed by atoms with Crippen molar-refractivity contribution >= 4 is 11.8 Å². The summed E-state index contributed by atoms with van der Waals surface area (Å²) in [5.74, 6) is 2.14. The largest absolute Gasteiger partial charge is 0.494 e. The Hall–Kier alpha value is -5.84. The minimum absolute atomic E-state index is 0.0549. The number of nitrogens with one attached hydrogen (secondary N) is 2. The van der Waals surface area contributed by atoms with Crippen LogP contribution in [-0.2, 0) is 22.5 Å². The molecule has 6 rings (SSSR count). The van der Waals surface area contributed by atoms with Gasteiger partial charge in [0, 0.05) is 31.6 Å². The summed E-state index contributed by atoms with van der Waals surface area (Å²) >= 11 is 0. The third-order valence-corrected chi connectivity index (χ3v) is 8.89. The van der Waals surface area contributed by atoms with Crippen LogP contribution in [0, 0.1) is 0 Å². The monoisotopic (exact) mass is 701 g/mol. The van der Waals surface area contributed by atoms with Crippen LogP contribution in [0.3, 0.4) is 0 Å². The van der Waals surface area contributed by atoms with Crippen LogP contribution in [0.25, 0.3) is 11.1 Å². The lowest BCUT2D eigenvalue weighted by Gasteiger charge is -2.31. The van der Waals surface area contributed by atoms with Gasteiger partial charge in [-0.3, -0.25) is 10.2 Å². The van der Waals surface area contributed by atoms with E-state index in [9.17, 15) is 4.79 Å². The topological polar surface area (TPSA) is 120 Å². The molecule has 2 atom stereocenters. The number of carbonyl (C=O) groups is 1. The summed E-state index contributed by atoms with van der Waals surface area (Å²) in [5.41, 5.74) is 10.0. The van der Waals surface area contributed by atoms with Gasteiger partial charge in [-0.15, -0.1) is 0 Å². The third-order valence-electron chi connectivity index (χ3n) is 8.89. The SMILES string of the molecule is COc1cc(CNNC(=O)[C@@]2(Cc3ccccc3)N=C(c3ccc(OCCCO)cc3)O[C@H]2c2ccc(-c3ccccc3)cc2)cc(OC)c1OC. The van der Waals surface area contributed by atoms with Gasteiger partial charge in [-0.2, -0.15) is 0 Å². The van der Waals surface area contributed by atoms with Gasteiger partial charge >= 0.3 is 0 Å².